The number of nitrogens with one attached hydrogen (secondary N) is 1. The molecule has 2 aliphatic heterocycles. The van der Waals surface area contributed by atoms with Crippen molar-refractivity contribution in [1.29, 1.82) is 0 Å². The summed E-state index contributed by atoms with van der Waals surface area (Å²) in [6.07, 6.45) is 2.76. The number of benzene rings is 6. The van der Waals surface area contributed by atoms with Crippen LogP contribution in [0.1, 0.15) is 59.4 Å². The predicted octanol–water partition coefficient (Wildman–Crippen LogP) is 9.73. The van der Waals surface area contributed by atoms with Crippen LogP contribution < -0.4 is 24.3 Å². The average molecular weight is 911 g/mol. The van der Waals surface area contributed by atoms with Crippen molar-refractivity contribution in [2.45, 2.75) is 58.3 Å². The third-order valence-electron chi connectivity index (χ3n) is 12.9. The first-order valence-electron chi connectivity index (χ1n) is 23.7. The van der Waals surface area contributed by atoms with Gasteiger partial charge in [0.05, 0.1) is 18.2 Å². The number of fused-ring (bicyclic) bond motifs is 1. The largest absolute Gasteiger partial charge is 0.494 e. The maximum atomic E-state index is 12.9. The topological polar surface area (TPSA) is 112 Å². The third kappa shape index (κ3) is 11.6. The summed E-state index contributed by atoms with van der Waals surface area (Å²) < 4.78 is 26.8. The number of imide groups is 1. The van der Waals surface area contributed by atoms with Crippen molar-refractivity contribution < 1.29 is 33.3 Å². The molecule has 11 nitrogen and oxygen atoms in total. The summed E-state index contributed by atoms with van der Waals surface area (Å²) in [6.45, 7) is 8.44. The van der Waals surface area contributed by atoms with E-state index >= 15 is 0 Å². The number of piperazine rings is 1. The molecule has 348 valence electrons. The zero-order chi connectivity index (χ0) is 46.7. The number of rotatable bonds is 19. The third-order valence-corrected chi connectivity index (χ3v) is 12.9. The molecule has 3 amide bonds. The quantitative estimate of drug-likeness (QED) is 0.0631. The standard InChI is InChI=1S/C57H58N4O7/c1-41-52-36-50(67-39-44-12-6-3-7-13-44)26-28-53(52)61(56(41)46-18-24-48(25-19-46)66-38-43-10-4-2-5-11-43)37-42-14-20-47(21-15-42)65-35-9-8-30-59-31-33-60(34-32-59)55(63)40-68-49-22-16-45(17-23-49)51-27-29-54(62)58-57(51)64/h2-7,10-26,28,36,51H,8-9,27,29-35,37-40H2,1H3,(H,58,62,64). The van der Waals surface area contributed by atoms with Gasteiger partial charge in [0.25, 0.3) is 5.91 Å². The number of unbranched alkanes of at least 4 members (excludes halogenated alkanes) is 1. The van der Waals surface area contributed by atoms with Crippen LogP contribution in [0.5, 0.6) is 23.0 Å². The van der Waals surface area contributed by atoms with Gasteiger partial charge >= 0.3 is 0 Å². The van der Waals surface area contributed by atoms with Gasteiger partial charge in [-0.05, 0) is 133 Å². The summed E-state index contributed by atoms with van der Waals surface area (Å²) >= 11 is 0. The van der Waals surface area contributed by atoms with Crippen molar-refractivity contribution in [3.63, 3.8) is 0 Å². The van der Waals surface area contributed by atoms with Crippen LogP contribution in [0.4, 0.5) is 0 Å². The fraction of sp³-hybridized carbons (Fsp3) is 0.281. The highest BCUT2D eigenvalue weighted by molar-refractivity contribution is 6.01. The van der Waals surface area contributed by atoms with Crippen molar-refractivity contribution in [2.24, 2.45) is 0 Å². The molecule has 2 fully saturated rings. The Bertz CT molecular complexity index is 2780. The highest BCUT2D eigenvalue weighted by Gasteiger charge is 2.28. The fourth-order valence-corrected chi connectivity index (χ4v) is 9.08. The molecule has 0 saturated carbocycles. The van der Waals surface area contributed by atoms with Gasteiger partial charge in [0.2, 0.25) is 11.8 Å². The number of aryl methyl sites for hydroxylation is 1. The van der Waals surface area contributed by atoms with Crippen molar-refractivity contribution in [3.05, 3.63) is 179 Å². The van der Waals surface area contributed by atoms with E-state index in [9.17, 15) is 14.4 Å². The Hall–Kier alpha value is -7.37. The molecule has 1 atom stereocenters. The van der Waals surface area contributed by atoms with Crippen molar-refractivity contribution in [3.8, 4) is 34.3 Å². The molecule has 2 saturated heterocycles. The summed E-state index contributed by atoms with van der Waals surface area (Å²) in [7, 11) is 0. The van der Waals surface area contributed by atoms with Crippen LogP contribution in [0.3, 0.4) is 0 Å². The van der Waals surface area contributed by atoms with Crippen LogP contribution in [-0.2, 0) is 34.1 Å². The van der Waals surface area contributed by atoms with E-state index < -0.39 is 0 Å². The molecule has 0 spiro atoms. The van der Waals surface area contributed by atoms with Gasteiger partial charge in [0, 0.05) is 50.0 Å². The molecule has 9 rings (SSSR count). The number of hydrogen-bond donors (Lipinski definition) is 1. The number of hydrogen-bond acceptors (Lipinski definition) is 8. The van der Waals surface area contributed by atoms with E-state index in [0.29, 0.717) is 58.0 Å². The number of aromatic nitrogens is 1. The molecule has 1 N–H and O–H groups in total. The Morgan fingerprint density at radius 1 is 0.632 bits per heavy atom. The highest BCUT2D eigenvalue weighted by atomic mass is 16.5. The van der Waals surface area contributed by atoms with Gasteiger partial charge in [-0.1, -0.05) is 84.9 Å². The summed E-state index contributed by atoms with van der Waals surface area (Å²) in [5, 5.41) is 3.56. The first-order chi connectivity index (χ1) is 33.3. The van der Waals surface area contributed by atoms with E-state index in [4.69, 9.17) is 18.9 Å². The molecule has 68 heavy (non-hydrogen) atoms. The highest BCUT2D eigenvalue weighted by Crippen LogP contribution is 2.37. The zero-order valence-corrected chi connectivity index (χ0v) is 38.6. The lowest BCUT2D eigenvalue weighted by molar-refractivity contribution is -0.135. The smallest absolute Gasteiger partial charge is 0.260 e. The molecule has 2 aliphatic rings. The molecule has 6 aromatic carbocycles. The second-order valence-electron chi connectivity index (χ2n) is 17.6. The van der Waals surface area contributed by atoms with Crippen LogP contribution >= 0.6 is 0 Å². The van der Waals surface area contributed by atoms with Crippen LogP contribution in [0.2, 0.25) is 0 Å². The number of nitrogens with zero attached hydrogens (tertiary/aromatic N) is 3. The van der Waals surface area contributed by atoms with Crippen LogP contribution in [0.25, 0.3) is 22.2 Å². The molecule has 0 bridgehead atoms. The van der Waals surface area contributed by atoms with E-state index in [2.05, 4.69) is 113 Å². The van der Waals surface area contributed by atoms with E-state index in [1.165, 1.54) is 11.1 Å². The number of carbonyl (C=O) groups excluding carboxylic acids is 3. The molecular formula is C57H58N4O7. The van der Waals surface area contributed by atoms with Gasteiger partial charge in [0.15, 0.2) is 6.61 Å². The number of carbonyl (C=O) groups is 3. The first-order valence-corrected chi connectivity index (χ1v) is 23.7. The van der Waals surface area contributed by atoms with Crippen LogP contribution in [-0.4, -0.2) is 78.0 Å². The average Bonchev–Trinajstić information content (AvgIpc) is 3.65. The summed E-state index contributed by atoms with van der Waals surface area (Å²) in [4.78, 5) is 40.9. The molecule has 0 radical (unpaired) electrons. The molecule has 11 heteroatoms. The number of piperidine rings is 1. The van der Waals surface area contributed by atoms with Gasteiger partial charge in [-0.2, -0.15) is 0 Å². The van der Waals surface area contributed by atoms with Crippen molar-refractivity contribution in [2.75, 3.05) is 45.9 Å². The predicted molar refractivity (Wildman–Crippen MR) is 264 cm³/mol. The lowest BCUT2D eigenvalue weighted by atomic mass is 9.90. The van der Waals surface area contributed by atoms with Gasteiger partial charge in [-0.3, -0.25) is 24.6 Å². The van der Waals surface area contributed by atoms with Crippen LogP contribution in [0, 0.1) is 6.92 Å². The van der Waals surface area contributed by atoms with Crippen LogP contribution in [0.15, 0.2) is 152 Å². The number of ether oxygens (including phenoxy) is 4. The van der Waals surface area contributed by atoms with E-state index in [0.717, 1.165) is 88.6 Å². The van der Waals surface area contributed by atoms with Gasteiger partial charge in [-0.25, -0.2) is 0 Å². The van der Waals surface area contributed by atoms with Crippen molar-refractivity contribution in [1.82, 2.24) is 19.7 Å². The Morgan fingerprint density at radius 2 is 1.24 bits per heavy atom. The van der Waals surface area contributed by atoms with E-state index in [-0.39, 0.29) is 30.2 Å². The second kappa shape index (κ2) is 22.0. The number of amides is 3. The molecule has 1 unspecified atom stereocenters. The Kier molecular flexibility index (Phi) is 14.8. The second-order valence-corrected chi connectivity index (χ2v) is 17.6. The Labute approximate surface area is 398 Å². The summed E-state index contributed by atoms with van der Waals surface area (Å²) in [5.41, 5.74) is 8.88. The summed E-state index contributed by atoms with van der Waals surface area (Å²) in [6, 6.07) is 50.9. The van der Waals surface area contributed by atoms with Gasteiger partial charge in [0.1, 0.15) is 36.2 Å². The monoisotopic (exact) mass is 910 g/mol. The van der Waals surface area contributed by atoms with E-state index in [1.54, 1.807) is 12.1 Å². The normalized spacial score (nSPS) is 15.2. The fourth-order valence-electron chi connectivity index (χ4n) is 9.08. The molecule has 3 heterocycles. The first kappa shape index (κ1) is 45.8. The SMILES string of the molecule is Cc1c(-c2ccc(OCc3ccccc3)cc2)n(Cc2ccc(OCCCCN3CCN(C(=O)COc4ccc(C5CCC(=O)NC5=O)cc4)CC3)cc2)c2ccc(OCc3ccccc3)cc12. The lowest BCUT2D eigenvalue weighted by Crippen LogP contribution is -2.50. The maximum Gasteiger partial charge on any atom is 0.260 e. The van der Waals surface area contributed by atoms with E-state index in [1.807, 2.05) is 53.4 Å². The zero-order valence-electron chi connectivity index (χ0n) is 38.6. The minimum Gasteiger partial charge on any atom is -0.494 e. The summed E-state index contributed by atoms with van der Waals surface area (Å²) in [5.74, 6) is 2.21. The van der Waals surface area contributed by atoms with Gasteiger partial charge in [-0.15, -0.1) is 0 Å². The Morgan fingerprint density at radius 3 is 1.91 bits per heavy atom. The van der Waals surface area contributed by atoms with Gasteiger partial charge < -0.3 is 28.4 Å². The molecule has 1 aromatic heterocycles. The maximum absolute atomic E-state index is 12.9. The minimum absolute atomic E-state index is 0.0344. The Balaban J connectivity index is 0.748. The lowest BCUT2D eigenvalue weighted by Gasteiger charge is -2.34. The minimum atomic E-state index is -0.348. The molecule has 0 aliphatic carbocycles. The van der Waals surface area contributed by atoms with Crippen molar-refractivity contribution >= 4 is 28.6 Å². The molecule has 7 aromatic rings. The molecular weight excluding hydrogens is 853 g/mol.